The number of hydrogen-bond acceptors (Lipinski definition) is 6. The van der Waals surface area contributed by atoms with E-state index in [1.807, 2.05) is 13.8 Å². The van der Waals surface area contributed by atoms with Crippen molar-refractivity contribution in [2.24, 2.45) is 5.92 Å². The van der Waals surface area contributed by atoms with Crippen LogP contribution in [0.25, 0.3) is 0 Å². The lowest BCUT2D eigenvalue weighted by Crippen LogP contribution is -2.47. The van der Waals surface area contributed by atoms with Crippen LogP contribution in [0.4, 0.5) is 5.69 Å². The molecule has 2 atom stereocenters. The first-order valence-corrected chi connectivity index (χ1v) is 9.32. The number of anilines is 1. The third kappa shape index (κ3) is 5.31. The number of carbonyl (C=O) groups excluding carboxylic acids is 4. The molecule has 1 N–H and O–H groups in total. The summed E-state index contributed by atoms with van der Waals surface area (Å²) in [5.41, 5.74) is 0.875. The fourth-order valence-electron chi connectivity index (χ4n) is 2.95. The predicted octanol–water partition coefficient (Wildman–Crippen LogP) is 1.67. The minimum Gasteiger partial charge on any atom is -0.467 e. The monoisotopic (exact) mass is 390 g/mol. The molecule has 152 valence electrons. The van der Waals surface area contributed by atoms with Crippen LogP contribution in [0, 0.1) is 5.92 Å². The number of methoxy groups -OCH3 is 1. The van der Waals surface area contributed by atoms with Crippen LogP contribution in [0.5, 0.6) is 0 Å². The van der Waals surface area contributed by atoms with E-state index >= 15 is 0 Å². The number of benzene rings is 1. The molecule has 1 fully saturated rings. The summed E-state index contributed by atoms with van der Waals surface area (Å²) in [6.07, 6.45) is 1.94. The molecule has 2 amide bonds. The van der Waals surface area contributed by atoms with E-state index in [4.69, 9.17) is 9.47 Å². The first-order valence-electron chi connectivity index (χ1n) is 9.32. The van der Waals surface area contributed by atoms with Crippen LogP contribution >= 0.6 is 0 Å². The Hall–Kier alpha value is -2.90. The van der Waals surface area contributed by atoms with Gasteiger partial charge in [-0.1, -0.05) is 26.3 Å². The quantitative estimate of drug-likeness (QED) is 0.678. The summed E-state index contributed by atoms with van der Waals surface area (Å²) in [6.45, 7) is 3.81. The summed E-state index contributed by atoms with van der Waals surface area (Å²) in [5.74, 6) is -1.92. The largest absolute Gasteiger partial charge is 0.467 e. The molecule has 1 aliphatic heterocycles. The molecule has 1 saturated heterocycles. The average molecular weight is 390 g/mol. The van der Waals surface area contributed by atoms with Gasteiger partial charge in [0.25, 0.3) is 5.91 Å². The second kappa shape index (κ2) is 9.87. The maximum atomic E-state index is 12.3. The van der Waals surface area contributed by atoms with E-state index in [0.717, 1.165) is 6.42 Å². The molecule has 1 aliphatic rings. The highest BCUT2D eigenvalue weighted by atomic mass is 16.5. The van der Waals surface area contributed by atoms with Gasteiger partial charge in [0.05, 0.1) is 12.7 Å². The Morgan fingerprint density at radius 2 is 2.04 bits per heavy atom. The van der Waals surface area contributed by atoms with Crippen LogP contribution in [-0.2, 0) is 23.9 Å². The molecule has 8 heteroatoms. The standard InChI is InChI=1S/C20H26N2O6/c1-4-13(2)18(20(26)27-3)21-16(23)12-28-19(25)14-7-5-8-15(11-14)22-10-6-9-17(22)24/h5,7-8,11,13,18H,4,6,9-10,12H2,1-3H3,(H,21,23)/t13-,18-/m0/s1. The van der Waals surface area contributed by atoms with E-state index in [0.29, 0.717) is 25.1 Å². The van der Waals surface area contributed by atoms with Crippen LogP contribution in [-0.4, -0.2) is 50.1 Å². The van der Waals surface area contributed by atoms with Gasteiger partial charge in [-0.15, -0.1) is 0 Å². The highest BCUT2D eigenvalue weighted by molar-refractivity contribution is 5.98. The van der Waals surface area contributed by atoms with Crippen LogP contribution in [0.1, 0.15) is 43.5 Å². The van der Waals surface area contributed by atoms with Gasteiger partial charge in [0, 0.05) is 18.7 Å². The molecule has 8 nitrogen and oxygen atoms in total. The number of esters is 2. The third-order valence-electron chi connectivity index (χ3n) is 4.79. The summed E-state index contributed by atoms with van der Waals surface area (Å²) in [6, 6.07) is 5.74. The lowest BCUT2D eigenvalue weighted by atomic mass is 9.99. The Labute approximate surface area is 164 Å². The van der Waals surface area contributed by atoms with Gasteiger partial charge in [-0.25, -0.2) is 9.59 Å². The molecule has 0 aliphatic carbocycles. The Bertz CT molecular complexity index is 748. The van der Waals surface area contributed by atoms with Gasteiger partial charge >= 0.3 is 11.9 Å². The maximum absolute atomic E-state index is 12.3. The molecule has 0 saturated carbocycles. The summed E-state index contributed by atoms with van der Waals surface area (Å²) in [7, 11) is 1.25. The Morgan fingerprint density at radius 3 is 2.64 bits per heavy atom. The van der Waals surface area contributed by atoms with Gasteiger partial charge in [0.2, 0.25) is 5.91 Å². The molecule has 0 unspecified atom stereocenters. The summed E-state index contributed by atoms with van der Waals surface area (Å²) in [5, 5.41) is 2.54. The average Bonchev–Trinajstić information content (AvgIpc) is 3.15. The zero-order valence-electron chi connectivity index (χ0n) is 16.4. The minimum absolute atomic E-state index is 0.0174. The van der Waals surface area contributed by atoms with E-state index in [9.17, 15) is 19.2 Å². The second-order valence-electron chi connectivity index (χ2n) is 6.73. The van der Waals surface area contributed by atoms with Crippen molar-refractivity contribution in [3.63, 3.8) is 0 Å². The van der Waals surface area contributed by atoms with Gasteiger partial charge in [0.1, 0.15) is 6.04 Å². The normalized spacial score (nSPS) is 15.7. The number of nitrogens with zero attached hydrogens (tertiary/aromatic N) is 1. The lowest BCUT2D eigenvalue weighted by molar-refractivity contribution is -0.147. The highest BCUT2D eigenvalue weighted by Gasteiger charge is 2.27. The van der Waals surface area contributed by atoms with Crippen molar-refractivity contribution in [3.05, 3.63) is 29.8 Å². The van der Waals surface area contributed by atoms with Crippen molar-refractivity contribution in [1.82, 2.24) is 5.32 Å². The number of rotatable bonds is 8. The predicted molar refractivity (Wildman–Crippen MR) is 102 cm³/mol. The molecule has 1 aromatic carbocycles. The summed E-state index contributed by atoms with van der Waals surface area (Å²) < 4.78 is 9.76. The molecule has 1 heterocycles. The first-order chi connectivity index (χ1) is 13.4. The maximum Gasteiger partial charge on any atom is 0.338 e. The van der Waals surface area contributed by atoms with Gasteiger partial charge in [-0.2, -0.15) is 0 Å². The molecule has 0 spiro atoms. The van der Waals surface area contributed by atoms with Crippen LogP contribution < -0.4 is 10.2 Å². The number of carbonyl (C=O) groups is 4. The molecular weight excluding hydrogens is 364 g/mol. The van der Waals surface area contributed by atoms with Crippen molar-refractivity contribution >= 4 is 29.4 Å². The third-order valence-corrected chi connectivity index (χ3v) is 4.79. The van der Waals surface area contributed by atoms with Crippen molar-refractivity contribution in [1.29, 1.82) is 0 Å². The number of ether oxygens (including phenoxy) is 2. The minimum atomic E-state index is -0.800. The van der Waals surface area contributed by atoms with Crippen LogP contribution in [0.3, 0.4) is 0 Å². The van der Waals surface area contributed by atoms with Crippen molar-refractivity contribution in [2.75, 3.05) is 25.2 Å². The number of hydrogen-bond donors (Lipinski definition) is 1. The van der Waals surface area contributed by atoms with Crippen LogP contribution in [0.15, 0.2) is 24.3 Å². The lowest BCUT2D eigenvalue weighted by Gasteiger charge is -2.21. The molecule has 0 radical (unpaired) electrons. The highest BCUT2D eigenvalue weighted by Crippen LogP contribution is 2.22. The Balaban J connectivity index is 1.95. The van der Waals surface area contributed by atoms with E-state index in [1.165, 1.54) is 7.11 Å². The Morgan fingerprint density at radius 1 is 1.29 bits per heavy atom. The van der Waals surface area contributed by atoms with E-state index in [1.54, 1.807) is 29.2 Å². The van der Waals surface area contributed by atoms with E-state index in [2.05, 4.69) is 5.32 Å². The van der Waals surface area contributed by atoms with E-state index in [-0.39, 0.29) is 17.4 Å². The topological polar surface area (TPSA) is 102 Å². The van der Waals surface area contributed by atoms with Crippen LogP contribution in [0.2, 0.25) is 0 Å². The van der Waals surface area contributed by atoms with Crippen molar-refractivity contribution < 1.29 is 28.7 Å². The summed E-state index contributed by atoms with van der Waals surface area (Å²) >= 11 is 0. The fourth-order valence-corrected chi connectivity index (χ4v) is 2.95. The van der Waals surface area contributed by atoms with Gasteiger partial charge in [-0.05, 0) is 30.5 Å². The molecule has 2 rings (SSSR count). The Kier molecular flexibility index (Phi) is 7.54. The zero-order chi connectivity index (χ0) is 20.7. The number of nitrogens with one attached hydrogen (secondary N) is 1. The first kappa shape index (κ1) is 21.4. The molecule has 1 aromatic rings. The fraction of sp³-hybridized carbons (Fsp3) is 0.500. The molecule has 0 bridgehead atoms. The smallest absolute Gasteiger partial charge is 0.338 e. The van der Waals surface area contributed by atoms with Gasteiger partial charge in [-0.3, -0.25) is 9.59 Å². The van der Waals surface area contributed by atoms with Crippen molar-refractivity contribution in [2.45, 2.75) is 39.2 Å². The summed E-state index contributed by atoms with van der Waals surface area (Å²) in [4.78, 5) is 49.7. The van der Waals surface area contributed by atoms with Crippen molar-refractivity contribution in [3.8, 4) is 0 Å². The second-order valence-corrected chi connectivity index (χ2v) is 6.73. The van der Waals surface area contributed by atoms with E-state index < -0.39 is 30.5 Å². The zero-order valence-corrected chi connectivity index (χ0v) is 16.4. The molecular formula is C20H26N2O6. The number of amides is 2. The van der Waals surface area contributed by atoms with Gasteiger partial charge in [0.15, 0.2) is 6.61 Å². The molecule has 28 heavy (non-hydrogen) atoms. The SMILES string of the molecule is CC[C@H](C)[C@H](NC(=O)COC(=O)c1cccc(N2CCCC2=O)c1)C(=O)OC. The van der Waals surface area contributed by atoms with Gasteiger partial charge < -0.3 is 19.7 Å². The molecule has 0 aromatic heterocycles.